The monoisotopic (exact) mass is 409 g/mol. The standard InChI is InChI=1S/C24H19N5S/c1-3-5-7-15(4-2)18-9-10-19-23(27-18)24(29-28-19)20-12-16-17(22-8-6-11-30-22)13-25-14-21(16)26-20/h3-14,26H,1H2,2H3,(H,28,29)/b7-5-,15-4+. The number of nitrogens with one attached hydrogen (secondary N) is 2. The minimum absolute atomic E-state index is 0.795. The van der Waals surface area contributed by atoms with Crippen LogP contribution in [0.2, 0.25) is 0 Å². The molecule has 30 heavy (non-hydrogen) atoms. The van der Waals surface area contributed by atoms with E-state index in [1.807, 2.05) is 49.7 Å². The largest absolute Gasteiger partial charge is 0.352 e. The summed E-state index contributed by atoms with van der Waals surface area (Å²) in [6, 6.07) is 10.3. The highest BCUT2D eigenvalue weighted by atomic mass is 32.1. The van der Waals surface area contributed by atoms with Crippen molar-refractivity contribution in [3.8, 4) is 21.8 Å². The van der Waals surface area contributed by atoms with Crippen molar-refractivity contribution in [2.75, 3.05) is 0 Å². The molecule has 5 rings (SSSR count). The van der Waals surface area contributed by atoms with Gasteiger partial charge in [-0.1, -0.05) is 36.9 Å². The predicted octanol–water partition coefficient (Wildman–Crippen LogP) is 6.38. The molecule has 6 heteroatoms. The molecule has 5 aromatic heterocycles. The lowest BCUT2D eigenvalue weighted by molar-refractivity contribution is 1.12. The van der Waals surface area contributed by atoms with Crippen molar-refractivity contribution in [1.82, 2.24) is 25.1 Å². The normalized spacial score (nSPS) is 12.4. The molecule has 0 spiro atoms. The third-order valence-electron chi connectivity index (χ3n) is 5.01. The molecule has 2 N–H and O–H groups in total. The van der Waals surface area contributed by atoms with Gasteiger partial charge in [0.15, 0.2) is 0 Å². The van der Waals surface area contributed by atoms with Crippen LogP contribution in [0.1, 0.15) is 12.6 Å². The minimum Gasteiger partial charge on any atom is -0.352 e. The van der Waals surface area contributed by atoms with Gasteiger partial charge in [0, 0.05) is 22.0 Å². The summed E-state index contributed by atoms with van der Waals surface area (Å²) in [4.78, 5) is 14.0. The Hall–Kier alpha value is -3.77. The molecule has 5 aromatic rings. The fraction of sp³-hybridized carbons (Fsp3) is 0.0417. The number of hydrogen-bond acceptors (Lipinski definition) is 4. The number of nitrogens with zero attached hydrogens (tertiary/aromatic N) is 3. The van der Waals surface area contributed by atoms with Crippen molar-refractivity contribution in [3.63, 3.8) is 0 Å². The molecule has 0 aliphatic carbocycles. The van der Waals surface area contributed by atoms with Gasteiger partial charge in [-0.2, -0.15) is 5.10 Å². The second kappa shape index (κ2) is 7.57. The molecule has 0 aliphatic heterocycles. The van der Waals surface area contributed by atoms with Crippen LogP contribution in [0.5, 0.6) is 0 Å². The maximum atomic E-state index is 4.90. The first kappa shape index (κ1) is 18.3. The third kappa shape index (κ3) is 3.07. The smallest absolute Gasteiger partial charge is 0.135 e. The molecular weight excluding hydrogens is 390 g/mol. The number of aromatic amines is 2. The molecular formula is C24H19N5S. The summed E-state index contributed by atoms with van der Waals surface area (Å²) in [6.45, 7) is 5.75. The van der Waals surface area contributed by atoms with Crippen LogP contribution in [0, 0.1) is 0 Å². The number of thiophene rings is 1. The van der Waals surface area contributed by atoms with Crippen molar-refractivity contribution < 1.29 is 0 Å². The van der Waals surface area contributed by atoms with E-state index in [1.165, 1.54) is 4.88 Å². The van der Waals surface area contributed by atoms with Crippen LogP contribution in [0.4, 0.5) is 0 Å². The lowest BCUT2D eigenvalue weighted by Crippen LogP contribution is -1.88. The summed E-state index contributed by atoms with van der Waals surface area (Å²) < 4.78 is 0. The predicted molar refractivity (Wildman–Crippen MR) is 125 cm³/mol. The second-order valence-corrected chi connectivity index (χ2v) is 7.76. The van der Waals surface area contributed by atoms with Gasteiger partial charge in [0.25, 0.3) is 0 Å². The molecule has 5 heterocycles. The average molecular weight is 410 g/mol. The second-order valence-electron chi connectivity index (χ2n) is 6.81. The van der Waals surface area contributed by atoms with Crippen molar-refractivity contribution in [2.45, 2.75) is 6.92 Å². The molecule has 0 saturated carbocycles. The molecule has 0 atom stereocenters. The van der Waals surface area contributed by atoms with Crippen LogP contribution in [0.15, 0.2) is 79.0 Å². The maximum Gasteiger partial charge on any atom is 0.135 e. The van der Waals surface area contributed by atoms with Gasteiger partial charge >= 0.3 is 0 Å². The summed E-state index contributed by atoms with van der Waals surface area (Å²) in [7, 11) is 0. The highest BCUT2D eigenvalue weighted by molar-refractivity contribution is 7.13. The van der Waals surface area contributed by atoms with Gasteiger partial charge in [0.05, 0.1) is 28.6 Å². The first-order chi connectivity index (χ1) is 14.8. The maximum absolute atomic E-state index is 4.90. The zero-order valence-corrected chi connectivity index (χ0v) is 17.2. The highest BCUT2D eigenvalue weighted by Gasteiger charge is 2.15. The third-order valence-corrected chi connectivity index (χ3v) is 5.92. The van der Waals surface area contributed by atoms with Gasteiger partial charge in [-0.25, -0.2) is 4.98 Å². The van der Waals surface area contributed by atoms with E-state index < -0.39 is 0 Å². The Morgan fingerprint density at radius 3 is 2.90 bits per heavy atom. The molecule has 0 amide bonds. The fourth-order valence-electron chi connectivity index (χ4n) is 3.56. The number of allylic oxidation sites excluding steroid dienone is 5. The Bertz CT molecular complexity index is 1420. The van der Waals surface area contributed by atoms with E-state index in [2.05, 4.69) is 50.3 Å². The lowest BCUT2D eigenvalue weighted by atomic mass is 10.1. The molecule has 0 fully saturated rings. The summed E-state index contributed by atoms with van der Waals surface area (Å²) >= 11 is 1.71. The SMILES string of the molecule is C=C/C=C\C(=C/C)c1ccc2[nH]nc(-c3cc4c(-c5cccs5)cncc4[nH]3)c2n1. The van der Waals surface area contributed by atoms with Gasteiger partial charge in [-0.15, -0.1) is 11.3 Å². The number of H-pyrrole nitrogens is 2. The van der Waals surface area contributed by atoms with Crippen LogP contribution in [-0.2, 0) is 0 Å². The van der Waals surface area contributed by atoms with Gasteiger partial charge < -0.3 is 4.98 Å². The van der Waals surface area contributed by atoms with Gasteiger partial charge in [0.2, 0.25) is 0 Å². The summed E-state index contributed by atoms with van der Waals surface area (Å²) in [5.74, 6) is 0. The van der Waals surface area contributed by atoms with E-state index in [1.54, 1.807) is 17.4 Å². The number of fused-ring (bicyclic) bond motifs is 2. The van der Waals surface area contributed by atoms with E-state index in [0.717, 1.165) is 50.2 Å². The van der Waals surface area contributed by atoms with Crippen LogP contribution in [0.25, 0.3) is 49.3 Å². The van der Waals surface area contributed by atoms with Crippen LogP contribution < -0.4 is 0 Å². The van der Waals surface area contributed by atoms with Crippen molar-refractivity contribution in [2.24, 2.45) is 0 Å². The lowest BCUT2D eigenvalue weighted by Gasteiger charge is -2.02. The van der Waals surface area contributed by atoms with E-state index in [-0.39, 0.29) is 0 Å². The Morgan fingerprint density at radius 2 is 2.10 bits per heavy atom. The van der Waals surface area contributed by atoms with Crippen molar-refractivity contribution in [3.05, 3.63) is 84.7 Å². The molecule has 0 unspecified atom stereocenters. The van der Waals surface area contributed by atoms with Crippen LogP contribution in [-0.4, -0.2) is 25.1 Å². The Kier molecular flexibility index (Phi) is 4.61. The zero-order chi connectivity index (χ0) is 20.5. The van der Waals surface area contributed by atoms with Crippen LogP contribution >= 0.6 is 11.3 Å². The van der Waals surface area contributed by atoms with Crippen molar-refractivity contribution in [1.29, 1.82) is 0 Å². The number of rotatable bonds is 5. The number of pyridine rings is 2. The van der Waals surface area contributed by atoms with E-state index >= 15 is 0 Å². The summed E-state index contributed by atoms with van der Waals surface area (Å²) in [6.07, 6.45) is 11.5. The Morgan fingerprint density at radius 1 is 1.17 bits per heavy atom. The number of hydrogen-bond donors (Lipinski definition) is 2. The molecule has 0 radical (unpaired) electrons. The molecule has 0 bridgehead atoms. The first-order valence-electron chi connectivity index (χ1n) is 9.60. The Labute approximate surface area is 177 Å². The van der Waals surface area contributed by atoms with E-state index in [9.17, 15) is 0 Å². The fourth-order valence-corrected chi connectivity index (χ4v) is 4.31. The van der Waals surface area contributed by atoms with E-state index in [0.29, 0.717) is 0 Å². The zero-order valence-electron chi connectivity index (χ0n) is 16.4. The first-order valence-corrected chi connectivity index (χ1v) is 10.5. The quantitative estimate of drug-likeness (QED) is 0.331. The number of aromatic nitrogens is 5. The summed E-state index contributed by atoms with van der Waals surface area (Å²) in [5, 5.41) is 10.9. The van der Waals surface area contributed by atoms with Crippen molar-refractivity contribution >= 4 is 38.8 Å². The van der Waals surface area contributed by atoms with Gasteiger partial charge in [0.1, 0.15) is 11.2 Å². The van der Waals surface area contributed by atoms with Crippen LogP contribution in [0.3, 0.4) is 0 Å². The molecule has 0 aromatic carbocycles. The Balaban J connectivity index is 1.65. The molecule has 146 valence electrons. The molecule has 5 nitrogen and oxygen atoms in total. The van der Waals surface area contributed by atoms with E-state index in [4.69, 9.17) is 4.98 Å². The van der Waals surface area contributed by atoms with Gasteiger partial charge in [-0.3, -0.25) is 10.1 Å². The molecule has 0 aliphatic rings. The topological polar surface area (TPSA) is 70.2 Å². The van der Waals surface area contributed by atoms with Gasteiger partial charge in [-0.05, 0) is 42.1 Å². The summed E-state index contributed by atoms with van der Waals surface area (Å²) in [5.41, 5.74) is 7.45. The highest BCUT2D eigenvalue weighted by Crippen LogP contribution is 2.34. The average Bonchev–Trinajstić information content (AvgIpc) is 3.52. The molecule has 0 saturated heterocycles. The minimum atomic E-state index is 0.795.